The van der Waals surface area contributed by atoms with Gasteiger partial charge in [-0.3, -0.25) is 0 Å². The molecule has 3 rings (SSSR count). The van der Waals surface area contributed by atoms with E-state index in [1.165, 1.54) is 17.7 Å². The third kappa shape index (κ3) is 2.36. The Morgan fingerprint density at radius 2 is 2.00 bits per heavy atom. The lowest BCUT2D eigenvalue weighted by atomic mass is 9.96. The van der Waals surface area contributed by atoms with Gasteiger partial charge in [0.1, 0.15) is 0 Å². The third-order valence-corrected chi connectivity index (χ3v) is 4.50. The van der Waals surface area contributed by atoms with Crippen LogP contribution in [0.3, 0.4) is 0 Å². The van der Waals surface area contributed by atoms with Crippen LogP contribution in [0.1, 0.15) is 24.5 Å². The molecule has 0 radical (unpaired) electrons. The number of nitrogens with zero attached hydrogens (tertiary/aromatic N) is 1. The van der Waals surface area contributed by atoms with Gasteiger partial charge in [0.2, 0.25) is 0 Å². The van der Waals surface area contributed by atoms with Gasteiger partial charge in [-0.2, -0.15) is 0 Å². The molecule has 1 unspecified atom stereocenters. The summed E-state index contributed by atoms with van der Waals surface area (Å²) < 4.78 is 0. The van der Waals surface area contributed by atoms with Crippen molar-refractivity contribution >= 4 is 23.0 Å². The number of rotatable bonds is 2. The number of aryl methyl sites for hydroxylation is 1. The molecule has 0 aliphatic carbocycles. The number of hydrogen-bond acceptors (Lipinski definition) is 2. The van der Waals surface area contributed by atoms with Crippen LogP contribution in [0.4, 0.5) is 11.4 Å². The van der Waals surface area contributed by atoms with Crippen molar-refractivity contribution in [3.8, 4) is 0 Å². The topological polar surface area (TPSA) is 29.3 Å². The molecule has 3 heteroatoms. The number of hydrogen-bond donors (Lipinski definition) is 1. The molecule has 2 nitrogen and oxygen atoms in total. The van der Waals surface area contributed by atoms with E-state index < -0.39 is 0 Å². The maximum atomic E-state index is 6.32. The van der Waals surface area contributed by atoms with Gasteiger partial charge in [0.05, 0.1) is 0 Å². The lowest BCUT2D eigenvalue weighted by Crippen LogP contribution is -2.37. The average Bonchev–Trinajstić information content (AvgIpc) is 2.45. The highest BCUT2D eigenvalue weighted by atomic mass is 35.5. The van der Waals surface area contributed by atoms with Crippen molar-refractivity contribution in [1.29, 1.82) is 0 Å². The smallest absolute Gasteiger partial charge is 0.0476 e. The molecule has 104 valence electrons. The van der Waals surface area contributed by atoms with E-state index in [-0.39, 0.29) is 0 Å². The summed E-state index contributed by atoms with van der Waals surface area (Å²) in [5.41, 5.74) is 10.6. The first-order valence-corrected chi connectivity index (χ1v) is 7.42. The average molecular weight is 287 g/mol. The minimum atomic E-state index is 0.501. The number of nitrogens with two attached hydrogens (primary N) is 1. The second-order valence-electron chi connectivity index (χ2n) is 5.45. The largest absolute Gasteiger partial charge is 0.398 e. The Balaban J connectivity index is 1.98. The fourth-order valence-electron chi connectivity index (χ4n) is 2.91. The highest BCUT2D eigenvalue weighted by Gasteiger charge is 2.23. The number of anilines is 2. The standard InChI is InChI=1S/C17H19ClN2/c1-12-9-10-13-5-2-3-8-17(13)20(12)11-14-15(18)6-4-7-16(14)19/h2-8,12H,9-11,19H2,1H3. The second-order valence-corrected chi connectivity index (χ2v) is 5.86. The zero-order valence-electron chi connectivity index (χ0n) is 11.6. The summed E-state index contributed by atoms with van der Waals surface area (Å²) in [6.07, 6.45) is 2.31. The summed E-state index contributed by atoms with van der Waals surface area (Å²) in [4.78, 5) is 2.41. The minimum absolute atomic E-state index is 0.501. The first-order valence-electron chi connectivity index (χ1n) is 7.04. The van der Waals surface area contributed by atoms with Crippen molar-refractivity contribution in [3.05, 3.63) is 58.6 Å². The molecule has 0 saturated heterocycles. The van der Waals surface area contributed by atoms with Gasteiger partial charge in [0, 0.05) is 34.5 Å². The lowest BCUT2D eigenvalue weighted by Gasteiger charge is -2.37. The number of benzene rings is 2. The highest BCUT2D eigenvalue weighted by Crippen LogP contribution is 2.34. The van der Waals surface area contributed by atoms with Gasteiger partial charge in [-0.1, -0.05) is 35.9 Å². The fourth-order valence-corrected chi connectivity index (χ4v) is 3.16. The Labute approximate surface area is 125 Å². The van der Waals surface area contributed by atoms with Crippen molar-refractivity contribution in [2.75, 3.05) is 10.6 Å². The van der Waals surface area contributed by atoms with Gasteiger partial charge in [0.15, 0.2) is 0 Å². The fraction of sp³-hybridized carbons (Fsp3) is 0.294. The van der Waals surface area contributed by atoms with E-state index in [0.29, 0.717) is 6.04 Å². The first-order chi connectivity index (χ1) is 9.66. The summed E-state index contributed by atoms with van der Waals surface area (Å²) in [7, 11) is 0. The zero-order chi connectivity index (χ0) is 14.1. The van der Waals surface area contributed by atoms with Gasteiger partial charge < -0.3 is 10.6 Å². The Hall–Kier alpha value is -1.67. The zero-order valence-corrected chi connectivity index (χ0v) is 12.4. The van der Waals surface area contributed by atoms with Gasteiger partial charge in [-0.05, 0) is 43.5 Å². The molecule has 2 aromatic carbocycles. The molecule has 1 atom stereocenters. The second kappa shape index (κ2) is 5.37. The molecule has 0 fully saturated rings. The van der Waals surface area contributed by atoms with Crippen LogP contribution in [-0.4, -0.2) is 6.04 Å². The molecular formula is C17H19ClN2. The maximum absolute atomic E-state index is 6.32. The summed E-state index contributed by atoms with van der Waals surface area (Å²) in [5.74, 6) is 0. The van der Waals surface area contributed by atoms with E-state index in [2.05, 4.69) is 36.1 Å². The van der Waals surface area contributed by atoms with Crippen molar-refractivity contribution in [1.82, 2.24) is 0 Å². The third-order valence-electron chi connectivity index (χ3n) is 4.15. The quantitative estimate of drug-likeness (QED) is 0.836. The number of fused-ring (bicyclic) bond motifs is 1. The highest BCUT2D eigenvalue weighted by molar-refractivity contribution is 6.31. The first kappa shape index (κ1) is 13.3. The Kier molecular flexibility index (Phi) is 3.58. The Morgan fingerprint density at radius 1 is 1.20 bits per heavy atom. The molecule has 1 heterocycles. The van der Waals surface area contributed by atoms with Crippen LogP contribution < -0.4 is 10.6 Å². The van der Waals surface area contributed by atoms with E-state index in [4.69, 9.17) is 17.3 Å². The summed E-state index contributed by atoms with van der Waals surface area (Å²) >= 11 is 6.32. The SMILES string of the molecule is CC1CCc2ccccc2N1Cc1c(N)cccc1Cl. The monoisotopic (exact) mass is 286 g/mol. The van der Waals surface area contributed by atoms with Gasteiger partial charge in [-0.25, -0.2) is 0 Å². The van der Waals surface area contributed by atoms with E-state index >= 15 is 0 Å². The van der Waals surface area contributed by atoms with Crippen molar-refractivity contribution in [3.63, 3.8) is 0 Å². The number of para-hydroxylation sites is 1. The van der Waals surface area contributed by atoms with E-state index in [0.717, 1.165) is 29.2 Å². The molecule has 20 heavy (non-hydrogen) atoms. The predicted octanol–water partition coefficient (Wildman–Crippen LogP) is 4.26. The lowest BCUT2D eigenvalue weighted by molar-refractivity contribution is 0.560. The molecule has 2 N–H and O–H groups in total. The Bertz CT molecular complexity index is 604. The van der Waals surface area contributed by atoms with Crippen molar-refractivity contribution in [2.45, 2.75) is 32.4 Å². The van der Waals surface area contributed by atoms with E-state index in [1.54, 1.807) is 0 Å². The maximum Gasteiger partial charge on any atom is 0.0476 e. The normalized spacial score (nSPS) is 17.9. The molecule has 0 spiro atoms. The minimum Gasteiger partial charge on any atom is -0.398 e. The summed E-state index contributed by atoms with van der Waals surface area (Å²) in [6.45, 7) is 3.03. The van der Waals surface area contributed by atoms with Gasteiger partial charge in [-0.15, -0.1) is 0 Å². The summed E-state index contributed by atoms with van der Waals surface area (Å²) in [5, 5.41) is 0.750. The molecule has 1 aliphatic heterocycles. The number of nitrogen functional groups attached to an aromatic ring is 1. The predicted molar refractivity (Wildman–Crippen MR) is 86.3 cm³/mol. The molecular weight excluding hydrogens is 268 g/mol. The van der Waals surface area contributed by atoms with Crippen LogP contribution in [0.5, 0.6) is 0 Å². The van der Waals surface area contributed by atoms with Crippen LogP contribution in [0, 0.1) is 0 Å². The van der Waals surface area contributed by atoms with E-state index in [1.807, 2.05) is 18.2 Å². The summed E-state index contributed by atoms with van der Waals surface area (Å²) in [6, 6.07) is 14.8. The van der Waals surface area contributed by atoms with Crippen LogP contribution in [0.2, 0.25) is 5.02 Å². The van der Waals surface area contributed by atoms with Crippen LogP contribution in [-0.2, 0) is 13.0 Å². The molecule has 2 aromatic rings. The van der Waals surface area contributed by atoms with Crippen LogP contribution in [0.25, 0.3) is 0 Å². The molecule has 0 amide bonds. The van der Waals surface area contributed by atoms with Gasteiger partial charge >= 0.3 is 0 Å². The molecule has 0 bridgehead atoms. The van der Waals surface area contributed by atoms with E-state index in [9.17, 15) is 0 Å². The van der Waals surface area contributed by atoms with Crippen LogP contribution in [0.15, 0.2) is 42.5 Å². The molecule has 0 aromatic heterocycles. The van der Waals surface area contributed by atoms with Gasteiger partial charge in [0.25, 0.3) is 0 Å². The van der Waals surface area contributed by atoms with Crippen molar-refractivity contribution in [2.24, 2.45) is 0 Å². The van der Waals surface area contributed by atoms with Crippen LogP contribution >= 0.6 is 11.6 Å². The molecule has 1 aliphatic rings. The molecule has 0 saturated carbocycles. The Morgan fingerprint density at radius 3 is 2.80 bits per heavy atom. The number of halogens is 1. The van der Waals surface area contributed by atoms with Crippen molar-refractivity contribution < 1.29 is 0 Å².